The fourth-order valence-electron chi connectivity index (χ4n) is 4.15. The molecule has 1 aliphatic carbocycles. The van der Waals surface area contributed by atoms with Gasteiger partial charge in [-0.05, 0) is 37.8 Å². The largest absolute Gasteiger partial charge is 0.353 e. The molecule has 5 nitrogen and oxygen atoms in total. The summed E-state index contributed by atoms with van der Waals surface area (Å²) in [5, 5.41) is 3.26. The fourth-order valence-corrected chi connectivity index (χ4v) is 4.15. The minimum Gasteiger partial charge on any atom is -0.353 e. The molecule has 2 aromatic rings. The minimum atomic E-state index is 0.163. The van der Waals surface area contributed by atoms with Crippen LogP contribution in [0.1, 0.15) is 38.5 Å². The normalized spacial score (nSPS) is 20.0. The van der Waals surface area contributed by atoms with Gasteiger partial charge in [0, 0.05) is 32.1 Å². The molecule has 0 unspecified atom stereocenters. The molecule has 1 aromatic heterocycles. The third-order valence-electron chi connectivity index (χ3n) is 5.61. The number of fused-ring (bicyclic) bond motifs is 1. The van der Waals surface area contributed by atoms with Crippen LogP contribution in [-0.4, -0.2) is 34.6 Å². The first-order chi connectivity index (χ1) is 11.7. The molecule has 0 radical (unpaired) electrons. The lowest BCUT2D eigenvalue weighted by Gasteiger charge is -2.32. The summed E-state index contributed by atoms with van der Waals surface area (Å²) in [6, 6.07) is 8.66. The molecule has 2 aliphatic rings. The van der Waals surface area contributed by atoms with Gasteiger partial charge in [-0.25, -0.2) is 4.98 Å². The van der Waals surface area contributed by atoms with Gasteiger partial charge in [0.15, 0.2) is 0 Å². The maximum Gasteiger partial charge on any atom is 0.223 e. The van der Waals surface area contributed by atoms with Crippen molar-refractivity contribution in [3.05, 3.63) is 24.3 Å². The van der Waals surface area contributed by atoms with Crippen molar-refractivity contribution in [3.63, 3.8) is 0 Å². The van der Waals surface area contributed by atoms with E-state index in [-0.39, 0.29) is 11.8 Å². The van der Waals surface area contributed by atoms with Crippen molar-refractivity contribution in [1.29, 1.82) is 0 Å². The molecule has 0 atom stereocenters. The van der Waals surface area contributed by atoms with E-state index in [2.05, 4.69) is 34.0 Å². The fraction of sp³-hybridized carbons (Fsp3) is 0.579. The molecule has 1 saturated heterocycles. The van der Waals surface area contributed by atoms with Gasteiger partial charge >= 0.3 is 0 Å². The Morgan fingerprint density at radius 3 is 2.54 bits per heavy atom. The van der Waals surface area contributed by atoms with Crippen molar-refractivity contribution in [2.24, 2.45) is 13.0 Å². The van der Waals surface area contributed by atoms with E-state index in [4.69, 9.17) is 4.98 Å². The van der Waals surface area contributed by atoms with Crippen molar-refractivity contribution < 1.29 is 4.79 Å². The Bertz CT molecular complexity index is 724. The smallest absolute Gasteiger partial charge is 0.223 e. The van der Waals surface area contributed by atoms with E-state index >= 15 is 0 Å². The van der Waals surface area contributed by atoms with Crippen LogP contribution in [0, 0.1) is 5.92 Å². The van der Waals surface area contributed by atoms with Gasteiger partial charge in [-0.1, -0.05) is 25.0 Å². The van der Waals surface area contributed by atoms with E-state index < -0.39 is 0 Å². The number of carbonyl (C=O) groups excluding carboxylic acids is 1. The molecule has 2 heterocycles. The monoisotopic (exact) mass is 326 g/mol. The Morgan fingerprint density at radius 2 is 1.83 bits per heavy atom. The van der Waals surface area contributed by atoms with E-state index in [1.54, 1.807) is 0 Å². The number of carbonyl (C=O) groups is 1. The summed E-state index contributed by atoms with van der Waals surface area (Å²) >= 11 is 0. The molecule has 128 valence electrons. The van der Waals surface area contributed by atoms with Crippen LogP contribution in [-0.2, 0) is 11.8 Å². The van der Waals surface area contributed by atoms with Gasteiger partial charge in [0.25, 0.3) is 0 Å². The third-order valence-corrected chi connectivity index (χ3v) is 5.61. The van der Waals surface area contributed by atoms with Gasteiger partial charge in [-0.2, -0.15) is 0 Å². The summed E-state index contributed by atoms with van der Waals surface area (Å²) in [6.07, 6.45) is 6.67. The molecule has 0 spiro atoms. The van der Waals surface area contributed by atoms with Crippen LogP contribution >= 0.6 is 0 Å². The van der Waals surface area contributed by atoms with Gasteiger partial charge in [-0.3, -0.25) is 4.79 Å². The second kappa shape index (κ2) is 6.46. The summed E-state index contributed by atoms with van der Waals surface area (Å²) in [7, 11) is 2.07. The predicted octanol–water partition coefficient (Wildman–Crippen LogP) is 2.85. The quantitative estimate of drug-likeness (QED) is 0.943. The highest BCUT2D eigenvalue weighted by Gasteiger charge is 2.28. The first-order valence-electron chi connectivity index (χ1n) is 9.19. The molecule has 4 rings (SSSR count). The van der Waals surface area contributed by atoms with Crippen molar-refractivity contribution in [3.8, 4) is 0 Å². The molecule has 1 N–H and O–H groups in total. The number of nitrogens with zero attached hydrogens (tertiary/aromatic N) is 3. The van der Waals surface area contributed by atoms with E-state index in [0.717, 1.165) is 55.8 Å². The molecule has 5 heteroatoms. The first kappa shape index (κ1) is 15.5. The van der Waals surface area contributed by atoms with E-state index in [0.29, 0.717) is 6.04 Å². The molecule has 2 fully saturated rings. The highest BCUT2D eigenvalue weighted by Crippen LogP contribution is 2.26. The van der Waals surface area contributed by atoms with E-state index in [9.17, 15) is 4.79 Å². The maximum absolute atomic E-state index is 12.5. The average molecular weight is 326 g/mol. The van der Waals surface area contributed by atoms with Crippen LogP contribution < -0.4 is 10.2 Å². The summed E-state index contributed by atoms with van der Waals surface area (Å²) < 4.78 is 2.16. The SMILES string of the molecule is Cn1c(N2CCC(C(=O)NC3CCCC3)CC2)nc2ccccc21. The number of hydrogen-bond acceptors (Lipinski definition) is 3. The van der Waals surface area contributed by atoms with E-state index in [1.807, 2.05) is 12.1 Å². The lowest BCUT2D eigenvalue weighted by Crippen LogP contribution is -2.43. The third kappa shape index (κ3) is 2.87. The van der Waals surface area contributed by atoms with Crippen molar-refractivity contribution >= 4 is 22.9 Å². The number of benzene rings is 1. The Kier molecular flexibility index (Phi) is 4.17. The van der Waals surface area contributed by atoms with Gasteiger partial charge in [-0.15, -0.1) is 0 Å². The van der Waals surface area contributed by atoms with Crippen LogP contribution in [0.25, 0.3) is 11.0 Å². The van der Waals surface area contributed by atoms with Gasteiger partial charge in [0.1, 0.15) is 0 Å². The van der Waals surface area contributed by atoms with Crippen LogP contribution in [0.3, 0.4) is 0 Å². The highest BCUT2D eigenvalue weighted by atomic mass is 16.1. The summed E-state index contributed by atoms with van der Waals surface area (Å²) in [6.45, 7) is 1.81. The van der Waals surface area contributed by atoms with Crippen LogP contribution in [0.4, 0.5) is 5.95 Å². The van der Waals surface area contributed by atoms with Crippen LogP contribution in [0.15, 0.2) is 24.3 Å². The van der Waals surface area contributed by atoms with Crippen molar-refractivity contribution in [2.75, 3.05) is 18.0 Å². The molecule has 1 saturated carbocycles. The number of nitrogens with one attached hydrogen (secondary N) is 1. The Hall–Kier alpha value is -2.04. The standard InChI is InChI=1S/C19H26N4O/c1-22-17-9-5-4-8-16(17)21-19(22)23-12-10-14(11-13-23)18(24)20-15-6-2-3-7-15/h4-5,8-9,14-15H,2-3,6-7,10-13H2,1H3,(H,20,24). The summed E-state index contributed by atoms with van der Waals surface area (Å²) in [5.74, 6) is 1.45. The summed E-state index contributed by atoms with van der Waals surface area (Å²) in [5.41, 5.74) is 2.20. The molecule has 1 aromatic carbocycles. The minimum absolute atomic E-state index is 0.163. The highest BCUT2D eigenvalue weighted by molar-refractivity contribution is 5.80. The number of imidazole rings is 1. The zero-order chi connectivity index (χ0) is 16.5. The van der Waals surface area contributed by atoms with E-state index in [1.165, 1.54) is 12.8 Å². The number of piperidine rings is 1. The topological polar surface area (TPSA) is 50.2 Å². The second-order valence-corrected chi connectivity index (χ2v) is 7.21. The van der Waals surface area contributed by atoms with Crippen molar-refractivity contribution in [1.82, 2.24) is 14.9 Å². The number of para-hydroxylation sites is 2. The number of aryl methyl sites for hydroxylation is 1. The molecule has 1 aliphatic heterocycles. The maximum atomic E-state index is 12.5. The lowest BCUT2D eigenvalue weighted by molar-refractivity contribution is -0.126. The zero-order valence-corrected chi connectivity index (χ0v) is 14.4. The first-order valence-corrected chi connectivity index (χ1v) is 9.19. The predicted molar refractivity (Wildman–Crippen MR) is 96.0 cm³/mol. The van der Waals surface area contributed by atoms with Gasteiger partial charge in [0.2, 0.25) is 11.9 Å². The average Bonchev–Trinajstić information content (AvgIpc) is 3.23. The second-order valence-electron chi connectivity index (χ2n) is 7.21. The zero-order valence-electron chi connectivity index (χ0n) is 14.4. The number of rotatable bonds is 3. The molecule has 24 heavy (non-hydrogen) atoms. The molecular weight excluding hydrogens is 300 g/mol. The van der Waals surface area contributed by atoms with Crippen molar-refractivity contribution in [2.45, 2.75) is 44.6 Å². The lowest BCUT2D eigenvalue weighted by atomic mass is 9.95. The molecule has 0 bridgehead atoms. The number of aromatic nitrogens is 2. The molecular formula is C19H26N4O. The Morgan fingerprint density at radius 1 is 1.12 bits per heavy atom. The van der Waals surface area contributed by atoms with Crippen LogP contribution in [0.5, 0.6) is 0 Å². The van der Waals surface area contributed by atoms with Crippen LogP contribution in [0.2, 0.25) is 0 Å². The Labute approximate surface area is 143 Å². The number of amides is 1. The van der Waals surface area contributed by atoms with Gasteiger partial charge in [0.05, 0.1) is 11.0 Å². The summed E-state index contributed by atoms with van der Waals surface area (Å²) in [4.78, 5) is 19.6. The Balaban J connectivity index is 1.40. The van der Waals surface area contributed by atoms with Gasteiger partial charge < -0.3 is 14.8 Å². The number of hydrogen-bond donors (Lipinski definition) is 1. The molecule has 1 amide bonds. The number of anilines is 1.